The third-order valence-electron chi connectivity index (χ3n) is 9.10. The highest BCUT2D eigenvalue weighted by molar-refractivity contribution is 5.98. The Labute approximate surface area is 197 Å². The van der Waals surface area contributed by atoms with Crippen LogP contribution in [-0.4, -0.2) is 9.38 Å². The zero-order valence-corrected chi connectivity index (χ0v) is 21.6. The molecular weight excluding hydrogens is 402 g/mol. The number of rotatable bonds is 2. The zero-order chi connectivity index (χ0) is 23.6. The second-order valence-electron chi connectivity index (χ2n) is 12.6. The lowest BCUT2D eigenvalue weighted by Crippen LogP contribution is -2.74. The summed E-state index contributed by atoms with van der Waals surface area (Å²) in [4.78, 5) is 5.35. The number of fused-ring (bicyclic) bond motifs is 6. The minimum Gasteiger partial charge on any atom is -0.252 e. The van der Waals surface area contributed by atoms with Crippen LogP contribution in [0.3, 0.4) is 0 Å². The van der Waals surface area contributed by atoms with Crippen molar-refractivity contribution in [3.8, 4) is 0 Å². The van der Waals surface area contributed by atoms with Crippen LogP contribution < -0.4 is 4.57 Å². The molecule has 4 heterocycles. The molecule has 0 spiro atoms. The molecule has 4 aromatic rings. The van der Waals surface area contributed by atoms with E-state index in [9.17, 15) is 0 Å². The van der Waals surface area contributed by atoms with Crippen molar-refractivity contribution in [2.24, 2.45) is 0 Å². The van der Waals surface area contributed by atoms with E-state index in [0.29, 0.717) is 0 Å². The summed E-state index contributed by atoms with van der Waals surface area (Å²) in [6, 6.07) is 14.0. The van der Waals surface area contributed by atoms with Crippen molar-refractivity contribution in [1.29, 1.82) is 0 Å². The van der Waals surface area contributed by atoms with E-state index in [-0.39, 0.29) is 21.8 Å². The van der Waals surface area contributed by atoms with Gasteiger partial charge in [0.1, 0.15) is 11.2 Å². The van der Waals surface area contributed by atoms with Gasteiger partial charge >= 0.3 is 0 Å². The van der Waals surface area contributed by atoms with Crippen molar-refractivity contribution in [3.05, 3.63) is 53.3 Å². The van der Waals surface area contributed by atoms with E-state index in [1.54, 1.807) is 5.56 Å². The molecule has 1 aliphatic carbocycles. The molecule has 6 rings (SSSR count). The average Bonchev–Trinajstić information content (AvgIpc) is 3.07. The molecule has 33 heavy (non-hydrogen) atoms. The Kier molecular flexibility index (Phi) is 3.95. The van der Waals surface area contributed by atoms with Gasteiger partial charge in [-0.3, -0.25) is 4.98 Å². The molecule has 2 unspecified atom stereocenters. The molecule has 172 valence electrons. The molecule has 2 atom stereocenters. The molecule has 0 N–H and O–H groups in total. The SMILES string of the molecule is CCC12CCC1(CC)[n+]1c3ccccc3n3c(C(C)(C)C)cc4nc(C(C)(C)C)cc2c4c31. The lowest BCUT2D eigenvalue weighted by molar-refractivity contribution is -0.748. The van der Waals surface area contributed by atoms with Gasteiger partial charge in [-0.1, -0.05) is 67.5 Å². The molecule has 0 amide bonds. The summed E-state index contributed by atoms with van der Waals surface area (Å²) < 4.78 is 5.34. The van der Waals surface area contributed by atoms with Gasteiger partial charge in [-0.25, -0.2) is 4.57 Å². The Balaban J connectivity index is 1.97. The van der Waals surface area contributed by atoms with E-state index in [4.69, 9.17) is 4.98 Å². The van der Waals surface area contributed by atoms with Gasteiger partial charge in [0.25, 0.3) is 5.65 Å². The van der Waals surface area contributed by atoms with Gasteiger partial charge in [0.15, 0.2) is 11.0 Å². The lowest BCUT2D eigenvalue weighted by Gasteiger charge is -2.59. The van der Waals surface area contributed by atoms with Crippen molar-refractivity contribution in [2.45, 2.75) is 103 Å². The van der Waals surface area contributed by atoms with Crippen LogP contribution >= 0.6 is 0 Å². The summed E-state index contributed by atoms with van der Waals surface area (Å²) in [5, 5.41) is 1.39. The van der Waals surface area contributed by atoms with Crippen molar-refractivity contribution in [2.75, 3.05) is 0 Å². The highest BCUT2D eigenvalue weighted by atomic mass is 15.2. The van der Waals surface area contributed by atoms with Crippen LogP contribution in [0.2, 0.25) is 0 Å². The quantitative estimate of drug-likeness (QED) is 0.305. The molecule has 1 fully saturated rings. The molecule has 0 bridgehead atoms. The Morgan fingerprint density at radius 3 is 2.24 bits per heavy atom. The topological polar surface area (TPSA) is 21.2 Å². The lowest BCUT2D eigenvalue weighted by atomic mass is 9.47. The Morgan fingerprint density at radius 2 is 1.67 bits per heavy atom. The second-order valence-corrected chi connectivity index (χ2v) is 12.6. The second kappa shape index (κ2) is 6.17. The molecule has 3 aromatic heterocycles. The molecule has 0 radical (unpaired) electrons. The standard InChI is InChI=1S/C30H38N3/c1-9-29-15-16-30(29,10-2)33-22-14-12-11-13-21(22)32-24(28(6,7)8)18-20-25(26(32)33)19(29)17-23(31-20)27(3,4)5/h11-14,17-18H,9-10,15-16H2,1-8H3/q+1. The minimum atomic E-state index is 0.00563. The van der Waals surface area contributed by atoms with Crippen LogP contribution in [0, 0.1) is 0 Å². The first-order valence-electron chi connectivity index (χ1n) is 12.8. The predicted molar refractivity (Wildman–Crippen MR) is 137 cm³/mol. The Hall–Kier alpha value is -2.42. The zero-order valence-electron chi connectivity index (χ0n) is 21.6. The third-order valence-corrected chi connectivity index (χ3v) is 9.10. The molecule has 1 aliphatic heterocycles. The fraction of sp³-hybridized carbons (Fsp3) is 0.533. The molecular formula is C30H38N3+. The number of aromatic nitrogens is 3. The maximum atomic E-state index is 5.35. The number of hydrogen-bond donors (Lipinski definition) is 0. The fourth-order valence-corrected chi connectivity index (χ4v) is 7.28. The predicted octanol–water partition coefficient (Wildman–Crippen LogP) is 7.08. The van der Waals surface area contributed by atoms with Gasteiger partial charge in [-0.15, -0.1) is 0 Å². The van der Waals surface area contributed by atoms with Gasteiger partial charge in [0, 0.05) is 28.0 Å². The largest absolute Gasteiger partial charge is 0.297 e. The van der Waals surface area contributed by atoms with Gasteiger partial charge in [0.2, 0.25) is 0 Å². The van der Waals surface area contributed by atoms with Gasteiger partial charge < -0.3 is 0 Å². The number of imidazole rings is 1. The number of para-hydroxylation sites is 2. The summed E-state index contributed by atoms with van der Waals surface area (Å²) in [5.74, 6) is 0. The van der Waals surface area contributed by atoms with Crippen LogP contribution in [0.5, 0.6) is 0 Å². The summed E-state index contributed by atoms with van der Waals surface area (Å²) in [7, 11) is 0. The van der Waals surface area contributed by atoms with E-state index in [2.05, 4.69) is 101 Å². The average molecular weight is 441 g/mol. The first-order valence-corrected chi connectivity index (χ1v) is 12.8. The van der Waals surface area contributed by atoms with Crippen molar-refractivity contribution in [3.63, 3.8) is 0 Å². The fourth-order valence-electron chi connectivity index (χ4n) is 7.28. The van der Waals surface area contributed by atoms with Crippen LogP contribution in [0.4, 0.5) is 0 Å². The Morgan fingerprint density at radius 1 is 0.939 bits per heavy atom. The molecule has 3 nitrogen and oxygen atoms in total. The smallest absolute Gasteiger partial charge is 0.252 e. The monoisotopic (exact) mass is 440 g/mol. The highest BCUT2D eigenvalue weighted by Gasteiger charge is 2.66. The van der Waals surface area contributed by atoms with Crippen LogP contribution in [0.25, 0.3) is 27.6 Å². The van der Waals surface area contributed by atoms with Crippen molar-refractivity contribution in [1.82, 2.24) is 9.38 Å². The first kappa shape index (κ1) is 21.1. The van der Waals surface area contributed by atoms with Crippen LogP contribution in [-0.2, 0) is 21.8 Å². The maximum Gasteiger partial charge on any atom is 0.297 e. The van der Waals surface area contributed by atoms with Crippen LogP contribution in [0.15, 0.2) is 36.4 Å². The van der Waals surface area contributed by atoms with Crippen molar-refractivity contribution >= 4 is 27.6 Å². The summed E-state index contributed by atoms with van der Waals surface area (Å²) >= 11 is 0. The van der Waals surface area contributed by atoms with E-state index in [0.717, 1.165) is 6.42 Å². The first-order chi connectivity index (χ1) is 15.5. The van der Waals surface area contributed by atoms with E-state index in [1.165, 1.54) is 58.2 Å². The molecule has 2 aliphatic rings. The summed E-state index contributed by atoms with van der Waals surface area (Å²) in [6.07, 6.45) is 4.84. The van der Waals surface area contributed by atoms with E-state index < -0.39 is 0 Å². The molecule has 3 heteroatoms. The normalized spacial score (nSPS) is 24.6. The van der Waals surface area contributed by atoms with E-state index in [1.807, 2.05) is 0 Å². The van der Waals surface area contributed by atoms with Gasteiger partial charge in [-0.05, 0) is 49.4 Å². The summed E-state index contributed by atoms with van der Waals surface area (Å²) in [5.41, 5.74) is 9.71. The summed E-state index contributed by atoms with van der Waals surface area (Å²) in [6.45, 7) is 18.7. The number of hydrogen-bond acceptors (Lipinski definition) is 1. The molecule has 1 aromatic carbocycles. The Bertz CT molecular complexity index is 1450. The van der Waals surface area contributed by atoms with Crippen LogP contribution in [0.1, 0.15) is 98.0 Å². The highest BCUT2D eigenvalue weighted by Crippen LogP contribution is 2.62. The van der Waals surface area contributed by atoms with Crippen molar-refractivity contribution < 1.29 is 4.57 Å². The van der Waals surface area contributed by atoms with Gasteiger partial charge in [0.05, 0.1) is 10.9 Å². The third kappa shape index (κ3) is 2.32. The molecule has 0 saturated heterocycles. The number of nitrogens with zero attached hydrogens (tertiary/aromatic N) is 3. The number of benzene rings is 1. The molecule has 1 saturated carbocycles. The maximum absolute atomic E-state index is 5.35. The minimum absolute atomic E-state index is 0.00563. The number of pyridine rings is 2. The van der Waals surface area contributed by atoms with E-state index >= 15 is 0 Å². The van der Waals surface area contributed by atoms with Gasteiger partial charge in [-0.2, -0.15) is 4.40 Å².